The van der Waals surface area contributed by atoms with Crippen LogP contribution >= 0.6 is 11.8 Å². The molecule has 0 radical (unpaired) electrons. The molecule has 0 fully saturated rings. The van der Waals surface area contributed by atoms with E-state index in [4.69, 9.17) is 4.98 Å². The number of carbonyl (C=O) groups excluding carboxylic acids is 2. The smallest absolute Gasteiger partial charge is 0.234 e. The van der Waals surface area contributed by atoms with Gasteiger partial charge in [-0.1, -0.05) is 42.1 Å². The first-order valence-corrected chi connectivity index (χ1v) is 9.33. The molecular formula is C21H20N2O2S. The third-order valence-corrected chi connectivity index (χ3v) is 5.04. The van der Waals surface area contributed by atoms with Crippen molar-refractivity contribution in [2.45, 2.75) is 25.8 Å². The van der Waals surface area contributed by atoms with E-state index in [-0.39, 0.29) is 17.4 Å². The number of nitrogens with zero attached hydrogens (tertiary/aromatic N) is 1. The largest absolute Gasteiger partial charge is 0.325 e. The lowest BCUT2D eigenvalue weighted by molar-refractivity contribution is -0.113. The number of hydrogen-bond donors (Lipinski definition) is 1. The van der Waals surface area contributed by atoms with Gasteiger partial charge in [-0.2, -0.15) is 0 Å². The average molecular weight is 364 g/mol. The van der Waals surface area contributed by atoms with Gasteiger partial charge in [0.25, 0.3) is 0 Å². The van der Waals surface area contributed by atoms with Crippen LogP contribution in [0, 0.1) is 13.8 Å². The molecule has 1 amide bonds. The van der Waals surface area contributed by atoms with Gasteiger partial charge in [-0.3, -0.25) is 9.59 Å². The number of rotatable bonds is 5. The number of anilines is 1. The van der Waals surface area contributed by atoms with Crippen molar-refractivity contribution in [2.24, 2.45) is 0 Å². The summed E-state index contributed by atoms with van der Waals surface area (Å²) in [6, 6.07) is 15.1. The number of thioether (sulfide) groups is 1. The summed E-state index contributed by atoms with van der Waals surface area (Å²) in [5.41, 5.74) is 4.46. The van der Waals surface area contributed by atoms with Crippen LogP contribution in [0.15, 0.2) is 53.6 Å². The molecule has 0 saturated carbocycles. The van der Waals surface area contributed by atoms with Gasteiger partial charge in [-0.15, -0.1) is 0 Å². The van der Waals surface area contributed by atoms with Crippen LogP contribution in [0.3, 0.4) is 0 Å². The normalized spacial score (nSPS) is 10.7. The zero-order valence-electron chi connectivity index (χ0n) is 15.0. The lowest BCUT2D eigenvalue weighted by Crippen LogP contribution is -2.14. The van der Waals surface area contributed by atoms with E-state index in [2.05, 4.69) is 18.3 Å². The fraction of sp³-hybridized carbons (Fsp3) is 0.190. The second-order valence-electron chi connectivity index (χ2n) is 6.22. The molecule has 132 valence electrons. The molecule has 0 aliphatic rings. The highest BCUT2D eigenvalue weighted by molar-refractivity contribution is 7.99. The summed E-state index contributed by atoms with van der Waals surface area (Å²) in [6.07, 6.45) is 0. The van der Waals surface area contributed by atoms with Crippen LogP contribution in [0.25, 0.3) is 10.9 Å². The topological polar surface area (TPSA) is 59.1 Å². The summed E-state index contributed by atoms with van der Waals surface area (Å²) in [5.74, 6) is 0.107. The average Bonchev–Trinajstić information content (AvgIpc) is 2.61. The molecular weight excluding hydrogens is 344 g/mol. The highest BCUT2D eigenvalue weighted by Gasteiger charge is 2.09. The summed E-state index contributed by atoms with van der Waals surface area (Å²) < 4.78 is 0. The Labute approximate surface area is 157 Å². The lowest BCUT2D eigenvalue weighted by atomic mass is 10.1. The highest BCUT2D eigenvalue weighted by Crippen LogP contribution is 2.25. The Morgan fingerprint density at radius 1 is 1.04 bits per heavy atom. The third-order valence-electron chi connectivity index (χ3n) is 4.13. The lowest BCUT2D eigenvalue weighted by Gasteiger charge is -2.09. The van der Waals surface area contributed by atoms with Gasteiger partial charge < -0.3 is 5.32 Å². The molecule has 0 aliphatic heterocycles. The number of fused-ring (bicyclic) bond motifs is 1. The monoisotopic (exact) mass is 364 g/mol. The number of aromatic nitrogens is 1. The van der Waals surface area contributed by atoms with Crippen molar-refractivity contribution in [3.05, 3.63) is 65.2 Å². The number of hydrogen-bond acceptors (Lipinski definition) is 4. The zero-order chi connectivity index (χ0) is 18.7. The van der Waals surface area contributed by atoms with Crippen LogP contribution < -0.4 is 5.32 Å². The van der Waals surface area contributed by atoms with Crippen LogP contribution in [0.4, 0.5) is 5.69 Å². The number of carbonyl (C=O) groups is 2. The second-order valence-corrected chi connectivity index (χ2v) is 7.22. The summed E-state index contributed by atoms with van der Waals surface area (Å²) in [7, 11) is 0. The number of aryl methyl sites for hydroxylation is 2. The van der Waals surface area contributed by atoms with Crippen molar-refractivity contribution in [3.63, 3.8) is 0 Å². The fourth-order valence-electron chi connectivity index (χ4n) is 2.76. The van der Waals surface area contributed by atoms with Gasteiger partial charge in [-0.05, 0) is 50.1 Å². The number of amides is 1. The van der Waals surface area contributed by atoms with Crippen LogP contribution in [0.5, 0.6) is 0 Å². The van der Waals surface area contributed by atoms with Crippen molar-refractivity contribution in [3.8, 4) is 0 Å². The van der Waals surface area contributed by atoms with Crippen LogP contribution in [0.1, 0.15) is 28.4 Å². The molecule has 1 heterocycles. The van der Waals surface area contributed by atoms with Crippen LogP contribution in [-0.2, 0) is 4.79 Å². The van der Waals surface area contributed by atoms with Gasteiger partial charge in [-0.25, -0.2) is 4.98 Å². The third kappa shape index (κ3) is 4.11. The molecule has 0 saturated heterocycles. The molecule has 0 atom stereocenters. The first-order valence-electron chi connectivity index (χ1n) is 8.34. The summed E-state index contributed by atoms with van der Waals surface area (Å²) >= 11 is 1.41. The summed E-state index contributed by atoms with van der Waals surface area (Å²) in [5, 5.41) is 4.80. The van der Waals surface area contributed by atoms with Gasteiger partial charge in [0.2, 0.25) is 5.91 Å². The maximum absolute atomic E-state index is 12.2. The standard InChI is InChI=1S/C21H20N2O2S/c1-13-6-4-9-18-14(2)10-20(23-21(13)18)26-12-19(25)22-17-8-5-7-16(11-17)15(3)24/h4-11H,12H2,1-3H3,(H,22,25). The molecule has 0 bridgehead atoms. The van der Waals surface area contributed by atoms with Gasteiger partial charge in [0.05, 0.1) is 16.3 Å². The van der Waals surface area contributed by atoms with Gasteiger partial charge >= 0.3 is 0 Å². The molecule has 1 aromatic heterocycles. The van der Waals surface area contributed by atoms with Crippen LogP contribution in [0.2, 0.25) is 0 Å². The fourth-order valence-corrected chi connectivity index (χ4v) is 3.52. The number of pyridine rings is 1. The molecule has 0 unspecified atom stereocenters. The number of nitrogens with one attached hydrogen (secondary N) is 1. The minimum Gasteiger partial charge on any atom is -0.325 e. The maximum Gasteiger partial charge on any atom is 0.234 e. The Morgan fingerprint density at radius 2 is 1.81 bits per heavy atom. The number of Topliss-reactive ketones (excluding diaryl/α,β-unsaturated/α-hetero) is 1. The Bertz CT molecular complexity index is 998. The molecule has 26 heavy (non-hydrogen) atoms. The molecule has 2 aromatic carbocycles. The van der Waals surface area contributed by atoms with E-state index >= 15 is 0 Å². The Balaban J connectivity index is 1.70. The summed E-state index contributed by atoms with van der Waals surface area (Å²) in [6.45, 7) is 5.60. The molecule has 4 nitrogen and oxygen atoms in total. The Hall–Kier alpha value is -2.66. The molecule has 0 aliphatic carbocycles. The SMILES string of the molecule is CC(=O)c1cccc(NC(=O)CSc2cc(C)c3cccc(C)c3n2)c1. The molecule has 0 spiro atoms. The Morgan fingerprint density at radius 3 is 2.58 bits per heavy atom. The number of ketones is 1. The quantitative estimate of drug-likeness (QED) is 0.522. The highest BCUT2D eigenvalue weighted by atomic mass is 32.2. The Kier molecular flexibility index (Phi) is 5.38. The predicted molar refractivity (Wildman–Crippen MR) is 107 cm³/mol. The van der Waals surface area contributed by atoms with E-state index in [1.165, 1.54) is 18.7 Å². The van der Waals surface area contributed by atoms with Gasteiger partial charge in [0, 0.05) is 16.6 Å². The van der Waals surface area contributed by atoms with E-state index in [1.807, 2.05) is 25.1 Å². The predicted octanol–water partition coefficient (Wildman–Crippen LogP) is 4.79. The van der Waals surface area contributed by atoms with Crippen molar-refractivity contribution < 1.29 is 9.59 Å². The van der Waals surface area contributed by atoms with E-state index in [0.29, 0.717) is 11.3 Å². The molecule has 5 heteroatoms. The van der Waals surface area contributed by atoms with Gasteiger partial charge in [0.1, 0.15) is 0 Å². The molecule has 1 N–H and O–H groups in total. The van der Waals surface area contributed by atoms with Crippen molar-refractivity contribution in [2.75, 3.05) is 11.1 Å². The van der Waals surface area contributed by atoms with Crippen molar-refractivity contribution >= 4 is 40.0 Å². The van der Waals surface area contributed by atoms with Crippen molar-refractivity contribution in [1.29, 1.82) is 0 Å². The first kappa shape index (κ1) is 18.1. The van der Waals surface area contributed by atoms with Crippen molar-refractivity contribution in [1.82, 2.24) is 4.98 Å². The minimum atomic E-state index is -0.125. The number of benzene rings is 2. The van der Waals surface area contributed by atoms with E-state index in [0.717, 1.165) is 27.1 Å². The minimum absolute atomic E-state index is 0.0262. The molecule has 3 aromatic rings. The van der Waals surface area contributed by atoms with E-state index in [1.54, 1.807) is 24.3 Å². The van der Waals surface area contributed by atoms with Crippen LogP contribution in [-0.4, -0.2) is 22.4 Å². The summed E-state index contributed by atoms with van der Waals surface area (Å²) in [4.78, 5) is 28.4. The number of para-hydroxylation sites is 1. The first-order chi connectivity index (χ1) is 12.4. The van der Waals surface area contributed by atoms with E-state index < -0.39 is 0 Å². The maximum atomic E-state index is 12.2. The second kappa shape index (κ2) is 7.70. The van der Waals surface area contributed by atoms with Gasteiger partial charge in [0.15, 0.2) is 5.78 Å². The van der Waals surface area contributed by atoms with E-state index in [9.17, 15) is 9.59 Å². The zero-order valence-corrected chi connectivity index (χ0v) is 15.8. The molecule has 3 rings (SSSR count).